The number of amides is 2. The van der Waals surface area contributed by atoms with Crippen molar-refractivity contribution in [1.29, 1.82) is 0 Å². The number of carbonyl (C=O) groups is 1. The Morgan fingerprint density at radius 3 is 2.60 bits per heavy atom. The number of anilines is 3. The molecule has 2 amide bonds. The molecule has 2 heterocycles. The van der Waals surface area contributed by atoms with Gasteiger partial charge in [0.1, 0.15) is 0 Å². The van der Waals surface area contributed by atoms with E-state index in [1.165, 1.54) is 0 Å². The van der Waals surface area contributed by atoms with Gasteiger partial charge in [-0.15, -0.1) is 5.53 Å². The van der Waals surface area contributed by atoms with Crippen molar-refractivity contribution < 1.29 is 9.53 Å². The minimum Gasteiger partial charge on any atom is -0.379 e. The van der Waals surface area contributed by atoms with Gasteiger partial charge in [-0.1, -0.05) is 18.2 Å². The molecule has 30 heavy (non-hydrogen) atoms. The minimum atomic E-state index is -0.261. The molecule has 1 saturated heterocycles. The maximum atomic E-state index is 12.2. The van der Waals surface area contributed by atoms with Crippen LogP contribution in [0.4, 0.5) is 21.9 Å². The van der Waals surface area contributed by atoms with Crippen LogP contribution in [0.25, 0.3) is 0 Å². The predicted octanol–water partition coefficient (Wildman–Crippen LogP) is 3.03. The van der Waals surface area contributed by atoms with E-state index in [2.05, 4.69) is 32.7 Å². The fourth-order valence-corrected chi connectivity index (χ4v) is 3.43. The zero-order valence-electron chi connectivity index (χ0n) is 17.1. The number of urea groups is 1. The highest BCUT2D eigenvalue weighted by Gasteiger charge is 2.15. The molecule has 0 radical (unpaired) electrons. The van der Waals surface area contributed by atoms with Crippen molar-refractivity contribution in [1.82, 2.24) is 15.9 Å². The summed E-state index contributed by atoms with van der Waals surface area (Å²) in [5, 5.41) is 7.67. The minimum absolute atomic E-state index is 0.261. The smallest absolute Gasteiger partial charge is 0.323 e. The topological polar surface area (TPSA) is 80.9 Å². The van der Waals surface area contributed by atoms with Crippen molar-refractivity contribution in [3.05, 3.63) is 66.0 Å². The lowest BCUT2D eigenvalue weighted by Gasteiger charge is -2.26. The first kappa shape index (κ1) is 20.2. The van der Waals surface area contributed by atoms with Gasteiger partial charge in [0.25, 0.3) is 0 Å². The van der Waals surface area contributed by atoms with Crippen LogP contribution < -0.4 is 26.6 Å². The second-order valence-electron chi connectivity index (χ2n) is 7.41. The number of hydrogen-bond acceptors (Lipinski definition) is 6. The quantitative estimate of drug-likeness (QED) is 0.588. The summed E-state index contributed by atoms with van der Waals surface area (Å²) in [6.07, 6.45) is 3.01. The van der Waals surface area contributed by atoms with Crippen molar-refractivity contribution in [3.63, 3.8) is 0 Å². The van der Waals surface area contributed by atoms with Crippen LogP contribution in [0, 0.1) is 6.92 Å². The second-order valence-corrected chi connectivity index (χ2v) is 7.41. The summed E-state index contributed by atoms with van der Waals surface area (Å²) >= 11 is 0. The average Bonchev–Trinajstić information content (AvgIpc) is 3.24. The number of ether oxygens (including phenoxy) is 1. The van der Waals surface area contributed by atoms with Crippen molar-refractivity contribution in [2.45, 2.75) is 13.3 Å². The van der Waals surface area contributed by atoms with Gasteiger partial charge in [0.05, 0.1) is 18.9 Å². The van der Waals surface area contributed by atoms with Gasteiger partial charge in [0, 0.05) is 49.3 Å². The number of nitrogens with zero attached hydrogens (tertiary/aromatic N) is 2. The lowest BCUT2D eigenvalue weighted by atomic mass is 10.2. The molecule has 2 aliphatic rings. The number of rotatable bonds is 6. The van der Waals surface area contributed by atoms with Crippen molar-refractivity contribution in [2.24, 2.45) is 0 Å². The molecule has 0 atom stereocenters. The molecule has 0 bridgehead atoms. The van der Waals surface area contributed by atoms with Crippen molar-refractivity contribution in [3.8, 4) is 0 Å². The van der Waals surface area contributed by atoms with E-state index < -0.39 is 0 Å². The van der Waals surface area contributed by atoms with Gasteiger partial charge < -0.3 is 20.8 Å². The molecule has 0 aromatic heterocycles. The Balaban J connectivity index is 1.28. The lowest BCUT2D eigenvalue weighted by Crippen LogP contribution is -2.38. The van der Waals surface area contributed by atoms with Crippen molar-refractivity contribution >= 4 is 23.1 Å². The molecule has 1 fully saturated rings. The molecule has 0 aliphatic carbocycles. The van der Waals surface area contributed by atoms with Crippen LogP contribution in [0.5, 0.6) is 0 Å². The molecule has 0 spiro atoms. The molecular formula is C22H28N6O2. The highest BCUT2D eigenvalue weighted by molar-refractivity contribution is 6.00. The molecule has 4 rings (SSSR count). The SMILES string of the molecule is Cc1ccccc1NC(=O)Nc1ccc(N2C=C(CCN3CCOCC3)NN2)cc1. The number of hydrazine groups is 2. The maximum Gasteiger partial charge on any atom is 0.323 e. The standard InChI is InChI=1S/C22H28N6O2/c1-17-4-2-3-5-21(17)24-22(29)23-18-6-8-20(9-7-18)28-16-19(25-26-28)10-11-27-12-14-30-15-13-27/h2-9,16,25-26H,10-15H2,1H3,(H2,23,24,29). The molecule has 2 aromatic rings. The molecule has 8 nitrogen and oxygen atoms in total. The molecule has 2 aromatic carbocycles. The maximum absolute atomic E-state index is 12.2. The normalized spacial score (nSPS) is 16.7. The highest BCUT2D eigenvalue weighted by Crippen LogP contribution is 2.20. The number of hydrogen-bond donors (Lipinski definition) is 4. The van der Waals surface area contributed by atoms with E-state index >= 15 is 0 Å². The first-order chi connectivity index (χ1) is 14.7. The largest absolute Gasteiger partial charge is 0.379 e. The summed E-state index contributed by atoms with van der Waals surface area (Å²) < 4.78 is 5.39. The Kier molecular flexibility index (Phi) is 6.48. The Morgan fingerprint density at radius 2 is 1.83 bits per heavy atom. The van der Waals surface area contributed by atoms with Gasteiger partial charge in [0.2, 0.25) is 0 Å². The third-order valence-corrected chi connectivity index (χ3v) is 5.22. The zero-order valence-corrected chi connectivity index (χ0v) is 17.1. The van der Waals surface area contributed by atoms with Gasteiger partial charge in [-0.3, -0.25) is 9.91 Å². The Morgan fingerprint density at radius 1 is 1.07 bits per heavy atom. The third-order valence-electron chi connectivity index (χ3n) is 5.22. The van der Waals surface area contributed by atoms with Gasteiger partial charge in [-0.25, -0.2) is 4.79 Å². The van der Waals surface area contributed by atoms with E-state index in [1.807, 2.05) is 60.5 Å². The van der Waals surface area contributed by atoms with E-state index in [0.29, 0.717) is 0 Å². The average molecular weight is 409 g/mol. The van der Waals surface area contributed by atoms with Gasteiger partial charge in [0.15, 0.2) is 0 Å². The Hall–Kier alpha value is -3.07. The van der Waals surface area contributed by atoms with Crippen LogP contribution in [0.15, 0.2) is 60.4 Å². The molecule has 2 aliphatic heterocycles. The summed E-state index contributed by atoms with van der Waals surface area (Å²) in [4.78, 5) is 14.7. The number of carbonyl (C=O) groups excluding carboxylic acids is 1. The molecule has 8 heteroatoms. The fourth-order valence-electron chi connectivity index (χ4n) is 3.43. The van der Waals surface area contributed by atoms with E-state index in [-0.39, 0.29) is 6.03 Å². The summed E-state index contributed by atoms with van der Waals surface area (Å²) in [7, 11) is 0. The van der Waals surface area contributed by atoms with Crippen LogP contribution in [0.3, 0.4) is 0 Å². The van der Waals surface area contributed by atoms with Crippen LogP contribution in [-0.4, -0.2) is 43.8 Å². The van der Waals surface area contributed by atoms with Crippen LogP contribution >= 0.6 is 0 Å². The summed E-state index contributed by atoms with van der Waals surface area (Å²) in [5.74, 6) is 0. The zero-order chi connectivity index (χ0) is 20.8. The van der Waals surface area contributed by atoms with Crippen LogP contribution in [0.1, 0.15) is 12.0 Å². The van der Waals surface area contributed by atoms with E-state index in [9.17, 15) is 4.79 Å². The summed E-state index contributed by atoms with van der Waals surface area (Å²) in [6, 6.07) is 15.1. The number of para-hydroxylation sites is 1. The number of benzene rings is 2. The number of aryl methyl sites for hydroxylation is 1. The monoisotopic (exact) mass is 408 g/mol. The Labute approximate surface area is 176 Å². The predicted molar refractivity (Wildman–Crippen MR) is 119 cm³/mol. The van der Waals surface area contributed by atoms with E-state index in [0.717, 1.165) is 67.6 Å². The summed E-state index contributed by atoms with van der Waals surface area (Å²) in [6.45, 7) is 6.60. The number of morpholine rings is 1. The molecule has 0 saturated carbocycles. The molecule has 4 N–H and O–H groups in total. The molecule has 158 valence electrons. The fraction of sp³-hybridized carbons (Fsp3) is 0.318. The Bertz CT molecular complexity index is 893. The summed E-state index contributed by atoms with van der Waals surface area (Å²) in [5.41, 5.74) is 11.1. The van der Waals surface area contributed by atoms with Gasteiger partial charge in [-0.05, 0) is 42.8 Å². The van der Waals surface area contributed by atoms with Gasteiger partial charge >= 0.3 is 6.03 Å². The molecule has 0 unspecified atom stereocenters. The van der Waals surface area contributed by atoms with Gasteiger partial charge in [-0.2, -0.15) is 0 Å². The third kappa shape index (κ3) is 5.29. The van der Waals surface area contributed by atoms with E-state index in [4.69, 9.17) is 4.74 Å². The second kappa shape index (κ2) is 9.62. The van der Waals surface area contributed by atoms with Crippen molar-refractivity contribution in [2.75, 3.05) is 48.5 Å². The first-order valence-electron chi connectivity index (χ1n) is 10.2. The van der Waals surface area contributed by atoms with Crippen LogP contribution in [-0.2, 0) is 4.74 Å². The van der Waals surface area contributed by atoms with Crippen LogP contribution in [0.2, 0.25) is 0 Å². The lowest BCUT2D eigenvalue weighted by molar-refractivity contribution is 0.0383. The number of nitrogens with one attached hydrogen (secondary N) is 4. The molecular weight excluding hydrogens is 380 g/mol. The first-order valence-corrected chi connectivity index (χ1v) is 10.2. The van der Waals surface area contributed by atoms with E-state index in [1.54, 1.807) is 0 Å². The highest BCUT2D eigenvalue weighted by atomic mass is 16.5.